The van der Waals surface area contributed by atoms with E-state index in [9.17, 15) is 13.5 Å². The van der Waals surface area contributed by atoms with E-state index in [2.05, 4.69) is 4.72 Å². The summed E-state index contributed by atoms with van der Waals surface area (Å²) in [7, 11) is -3.08. The van der Waals surface area contributed by atoms with Crippen molar-refractivity contribution in [2.45, 2.75) is 44.2 Å². The molecule has 0 unspecified atom stereocenters. The van der Waals surface area contributed by atoms with Crippen molar-refractivity contribution in [2.24, 2.45) is 11.8 Å². The van der Waals surface area contributed by atoms with Crippen LogP contribution in [0.5, 0.6) is 0 Å². The van der Waals surface area contributed by atoms with Gasteiger partial charge < -0.3 is 5.11 Å². The second kappa shape index (κ2) is 4.03. The van der Waals surface area contributed by atoms with Crippen molar-refractivity contribution in [1.29, 1.82) is 0 Å². The fraction of sp³-hybridized carbons (Fsp3) is 1.00. The maximum Gasteiger partial charge on any atom is 0.208 e. The minimum absolute atomic E-state index is 0.0975. The molecule has 0 heterocycles. The number of hydrogen-bond acceptors (Lipinski definition) is 3. The second-order valence-electron chi connectivity index (χ2n) is 5.05. The molecule has 4 atom stereocenters. The summed E-state index contributed by atoms with van der Waals surface area (Å²) in [5.74, 6) is 1.14. The summed E-state index contributed by atoms with van der Waals surface area (Å²) in [6, 6.07) is 0.0975. The lowest BCUT2D eigenvalue weighted by Gasteiger charge is -2.28. The molecule has 2 aliphatic carbocycles. The van der Waals surface area contributed by atoms with Gasteiger partial charge in [-0.15, -0.1) is 0 Å². The van der Waals surface area contributed by atoms with E-state index in [-0.39, 0.29) is 12.1 Å². The highest BCUT2D eigenvalue weighted by molar-refractivity contribution is 7.88. The minimum atomic E-state index is -3.08. The Kier molecular flexibility index (Phi) is 3.05. The maximum atomic E-state index is 11.1. The highest BCUT2D eigenvalue weighted by Gasteiger charge is 2.38. The van der Waals surface area contributed by atoms with E-state index in [4.69, 9.17) is 0 Å². The van der Waals surface area contributed by atoms with Crippen LogP contribution in [-0.4, -0.2) is 31.9 Å². The number of rotatable bonds is 2. The van der Waals surface area contributed by atoms with Crippen molar-refractivity contribution in [3.63, 3.8) is 0 Å². The van der Waals surface area contributed by atoms with Crippen LogP contribution in [0.1, 0.15) is 32.1 Å². The monoisotopic (exact) mass is 233 g/mol. The van der Waals surface area contributed by atoms with Crippen LogP contribution in [0.2, 0.25) is 0 Å². The normalized spacial score (nSPS) is 41.5. The van der Waals surface area contributed by atoms with E-state index in [1.807, 2.05) is 0 Å². The lowest BCUT2D eigenvalue weighted by atomic mass is 9.80. The molecule has 0 saturated heterocycles. The average Bonchev–Trinajstić information content (AvgIpc) is 2.42. The van der Waals surface area contributed by atoms with Gasteiger partial charge in [0.15, 0.2) is 0 Å². The topological polar surface area (TPSA) is 66.4 Å². The van der Waals surface area contributed by atoms with Crippen molar-refractivity contribution < 1.29 is 13.5 Å². The first-order valence-corrected chi connectivity index (χ1v) is 7.48. The molecule has 0 radical (unpaired) electrons. The molecule has 0 aromatic heterocycles. The third-order valence-corrected chi connectivity index (χ3v) is 4.43. The minimum Gasteiger partial charge on any atom is -0.393 e. The summed E-state index contributed by atoms with van der Waals surface area (Å²) in [6.07, 6.45) is 5.68. The van der Waals surface area contributed by atoms with Crippen LogP contribution in [-0.2, 0) is 10.0 Å². The largest absolute Gasteiger partial charge is 0.393 e. The summed E-state index contributed by atoms with van der Waals surface area (Å²) < 4.78 is 24.9. The molecular weight excluding hydrogens is 214 g/mol. The zero-order chi connectivity index (χ0) is 11.1. The summed E-state index contributed by atoms with van der Waals surface area (Å²) >= 11 is 0. The third kappa shape index (κ3) is 2.92. The molecule has 2 aliphatic rings. The SMILES string of the molecule is CS(=O)(=O)N[C@@H]1C[C@H]2C[C@H](O)CC[C@H]2C1. The maximum absolute atomic E-state index is 11.1. The van der Waals surface area contributed by atoms with Crippen LogP contribution >= 0.6 is 0 Å². The first-order chi connectivity index (χ1) is 6.94. The molecule has 0 aromatic carbocycles. The van der Waals surface area contributed by atoms with Crippen LogP contribution in [0.4, 0.5) is 0 Å². The van der Waals surface area contributed by atoms with E-state index in [0.29, 0.717) is 11.8 Å². The van der Waals surface area contributed by atoms with Gasteiger partial charge >= 0.3 is 0 Å². The van der Waals surface area contributed by atoms with Gasteiger partial charge in [-0.3, -0.25) is 0 Å². The number of sulfonamides is 1. The van der Waals surface area contributed by atoms with E-state index in [1.165, 1.54) is 6.26 Å². The summed E-state index contributed by atoms with van der Waals surface area (Å²) in [4.78, 5) is 0. The Morgan fingerprint density at radius 1 is 1.13 bits per heavy atom. The van der Waals surface area contributed by atoms with Gasteiger partial charge in [0.1, 0.15) is 0 Å². The van der Waals surface area contributed by atoms with Crippen LogP contribution in [0.3, 0.4) is 0 Å². The Morgan fingerprint density at radius 3 is 2.47 bits per heavy atom. The Labute approximate surface area is 91.1 Å². The smallest absolute Gasteiger partial charge is 0.208 e. The zero-order valence-corrected chi connectivity index (χ0v) is 9.83. The molecule has 2 saturated carbocycles. The molecule has 4 nitrogen and oxygen atoms in total. The Bertz CT molecular complexity index is 328. The molecular formula is C10H19NO3S. The van der Waals surface area contributed by atoms with Crippen molar-refractivity contribution >= 4 is 10.0 Å². The highest BCUT2D eigenvalue weighted by Crippen LogP contribution is 2.42. The Morgan fingerprint density at radius 2 is 1.80 bits per heavy atom. The van der Waals surface area contributed by atoms with Crippen LogP contribution in [0.25, 0.3) is 0 Å². The quantitative estimate of drug-likeness (QED) is 0.729. The van der Waals surface area contributed by atoms with Crippen LogP contribution in [0.15, 0.2) is 0 Å². The molecule has 2 rings (SSSR count). The van der Waals surface area contributed by atoms with Gasteiger partial charge in [0.25, 0.3) is 0 Å². The number of fused-ring (bicyclic) bond motifs is 1. The van der Waals surface area contributed by atoms with Gasteiger partial charge in [-0.05, 0) is 43.9 Å². The molecule has 0 bridgehead atoms. The fourth-order valence-electron chi connectivity index (χ4n) is 3.13. The van der Waals surface area contributed by atoms with Crippen LogP contribution in [0, 0.1) is 11.8 Å². The second-order valence-corrected chi connectivity index (χ2v) is 6.83. The van der Waals surface area contributed by atoms with Gasteiger partial charge in [0.05, 0.1) is 12.4 Å². The van der Waals surface area contributed by atoms with Gasteiger partial charge in [0, 0.05) is 6.04 Å². The molecule has 0 spiro atoms. The number of hydrogen-bond donors (Lipinski definition) is 2. The van der Waals surface area contributed by atoms with Gasteiger partial charge in [-0.2, -0.15) is 0 Å². The number of aliphatic hydroxyl groups is 1. The highest BCUT2D eigenvalue weighted by atomic mass is 32.2. The lowest BCUT2D eigenvalue weighted by molar-refractivity contribution is 0.0806. The van der Waals surface area contributed by atoms with E-state index in [0.717, 1.165) is 32.1 Å². The van der Waals surface area contributed by atoms with Gasteiger partial charge in [-0.25, -0.2) is 13.1 Å². The molecule has 88 valence electrons. The Hall–Kier alpha value is -0.130. The summed E-state index contributed by atoms with van der Waals surface area (Å²) in [6.45, 7) is 0. The van der Waals surface area contributed by atoms with Crippen molar-refractivity contribution in [3.05, 3.63) is 0 Å². The molecule has 0 aromatic rings. The van der Waals surface area contributed by atoms with Gasteiger partial charge in [0.2, 0.25) is 10.0 Å². The molecule has 0 amide bonds. The van der Waals surface area contributed by atoms with E-state index in [1.54, 1.807) is 0 Å². The standard InChI is InChI=1S/C10H19NO3S/c1-15(13,14)11-9-4-7-2-3-10(12)6-8(7)5-9/h7-12H,2-6H2,1H3/t7-,8-,9-,10+/m0/s1. The predicted molar refractivity (Wildman–Crippen MR) is 57.8 cm³/mol. The first-order valence-electron chi connectivity index (χ1n) is 5.59. The zero-order valence-electron chi connectivity index (χ0n) is 9.02. The molecule has 2 fully saturated rings. The predicted octanol–water partition coefficient (Wildman–Crippen LogP) is 0.475. The van der Waals surface area contributed by atoms with Crippen molar-refractivity contribution in [2.75, 3.05) is 6.26 Å². The third-order valence-electron chi connectivity index (χ3n) is 3.67. The average molecular weight is 233 g/mol. The first kappa shape index (κ1) is 11.4. The van der Waals surface area contributed by atoms with E-state index < -0.39 is 10.0 Å². The Balaban J connectivity index is 1.93. The molecule has 2 N–H and O–H groups in total. The van der Waals surface area contributed by atoms with E-state index >= 15 is 0 Å². The summed E-state index contributed by atoms with van der Waals surface area (Å²) in [5.41, 5.74) is 0. The van der Waals surface area contributed by atoms with Gasteiger partial charge in [-0.1, -0.05) is 0 Å². The van der Waals surface area contributed by atoms with Crippen molar-refractivity contribution in [1.82, 2.24) is 4.72 Å². The number of nitrogens with one attached hydrogen (secondary N) is 1. The molecule has 15 heavy (non-hydrogen) atoms. The fourth-order valence-corrected chi connectivity index (χ4v) is 3.92. The van der Waals surface area contributed by atoms with Crippen molar-refractivity contribution in [3.8, 4) is 0 Å². The lowest BCUT2D eigenvalue weighted by Crippen LogP contribution is -2.32. The number of aliphatic hydroxyl groups excluding tert-OH is 1. The molecule has 0 aliphatic heterocycles. The molecule has 5 heteroatoms. The summed E-state index contributed by atoms with van der Waals surface area (Å²) in [5, 5.41) is 9.54. The van der Waals surface area contributed by atoms with Crippen LogP contribution < -0.4 is 4.72 Å².